The predicted octanol–water partition coefficient (Wildman–Crippen LogP) is 3.30. The fourth-order valence-electron chi connectivity index (χ4n) is 3.68. The van der Waals surface area contributed by atoms with Gasteiger partial charge in [0.15, 0.2) is 5.65 Å². The molecule has 0 aliphatic heterocycles. The molecule has 2 aromatic carbocycles. The molecule has 0 radical (unpaired) electrons. The molecule has 0 spiro atoms. The van der Waals surface area contributed by atoms with Gasteiger partial charge in [-0.25, -0.2) is 14.1 Å². The van der Waals surface area contributed by atoms with Crippen LogP contribution in [0.3, 0.4) is 0 Å². The van der Waals surface area contributed by atoms with Gasteiger partial charge in [0.1, 0.15) is 17.0 Å². The van der Waals surface area contributed by atoms with Crippen molar-refractivity contribution in [2.45, 2.75) is 39.8 Å². The maximum atomic E-state index is 13.7. The number of halogens is 1. The van der Waals surface area contributed by atoms with E-state index in [1.807, 2.05) is 44.2 Å². The molecule has 0 saturated heterocycles. The van der Waals surface area contributed by atoms with E-state index in [9.17, 15) is 14.0 Å². The Kier molecular flexibility index (Phi) is 6.11. The Balaban J connectivity index is 1.58. The Hall–Kier alpha value is -3.81. The lowest BCUT2D eigenvalue weighted by molar-refractivity contribution is -0.121. The molecule has 8 heteroatoms. The van der Waals surface area contributed by atoms with Crippen molar-refractivity contribution in [1.82, 2.24) is 24.6 Å². The van der Waals surface area contributed by atoms with E-state index in [-0.39, 0.29) is 36.7 Å². The summed E-state index contributed by atoms with van der Waals surface area (Å²) >= 11 is 0. The fraction of sp³-hybridized carbons (Fsp3) is 0.250. The van der Waals surface area contributed by atoms with Crippen LogP contribution in [-0.2, 0) is 24.3 Å². The monoisotopic (exact) mass is 433 g/mol. The summed E-state index contributed by atoms with van der Waals surface area (Å²) in [6, 6.07) is 15.9. The Bertz CT molecular complexity index is 1330. The molecule has 0 aliphatic carbocycles. The summed E-state index contributed by atoms with van der Waals surface area (Å²) in [7, 11) is 0. The lowest BCUT2D eigenvalue weighted by Gasteiger charge is -2.11. The number of carbonyl (C=O) groups excluding carboxylic acids is 1. The summed E-state index contributed by atoms with van der Waals surface area (Å²) in [5, 5.41) is 7.30. The molecule has 0 atom stereocenters. The zero-order chi connectivity index (χ0) is 22.7. The van der Waals surface area contributed by atoms with Crippen LogP contribution in [0.2, 0.25) is 0 Å². The third-order valence-corrected chi connectivity index (χ3v) is 5.34. The zero-order valence-electron chi connectivity index (χ0n) is 18.0. The summed E-state index contributed by atoms with van der Waals surface area (Å²) in [6.45, 7) is 4.29. The minimum absolute atomic E-state index is 0.0811. The number of rotatable bonds is 7. The van der Waals surface area contributed by atoms with Crippen LogP contribution in [0.5, 0.6) is 0 Å². The van der Waals surface area contributed by atoms with E-state index < -0.39 is 0 Å². The average Bonchev–Trinajstić information content (AvgIpc) is 3.13. The molecule has 2 heterocycles. The number of amides is 1. The van der Waals surface area contributed by atoms with Crippen molar-refractivity contribution in [3.05, 3.63) is 87.7 Å². The predicted molar refractivity (Wildman–Crippen MR) is 120 cm³/mol. The molecule has 4 rings (SSSR count). The highest BCUT2D eigenvalue weighted by Crippen LogP contribution is 2.20. The second kappa shape index (κ2) is 9.13. The quantitative estimate of drug-likeness (QED) is 0.485. The molecule has 0 unspecified atom stereocenters. The van der Waals surface area contributed by atoms with Crippen LogP contribution in [0.1, 0.15) is 30.3 Å². The highest BCUT2D eigenvalue weighted by molar-refractivity contribution is 5.77. The van der Waals surface area contributed by atoms with Crippen molar-refractivity contribution in [3.63, 3.8) is 0 Å². The summed E-state index contributed by atoms with van der Waals surface area (Å²) in [5.74, 6) is -0.633. The molecule has 0 bridgehead atoms. The van der Waals surface area contributed by atoms with E-state index in [0.29, 0.717) is 34.7 Å². The second-order valence-electron chi connectivity index (χ2n) is 7.48. The normalized spacial score (nSPS) is 11.1. The van der Waals surface area contributed by atoms with E-state index in [4.69, 9.17) is 0 Å². The van der Waals surface area contributed by atoms with Crippen molar-refractivity contribution in [1.29, 1.82) is 0 Å². The lowest BCUT2D eigenvalue weighted by atomic mass is 10.2. The van der Waals surface area contributed by atoms with Crippen LogP contribution in [0.15, 0.2) is 59.4 Å². The smallest absolute Gasteiger partial charge is 0.273 e. The van der Waals surface area contributed by atoms with Crippen molar-refractivity contribution in [2.24, 2.45) is 0 Å². The number of nitrogens with zero attached hydrogens (tertiary/aromatic N) is 4. The second-order valence-corrected chi connectivity index (χ2v) is 7.48. The molecule has 32 heavy (non-hydrogen) atoms. The maximum Gasteiger partial charge on any atom is 0.273 e. The van der Waals surface area contributed by atoms with Gasteiger partial charge in [-0.2, -0.15) is 5.10 Å². The largest absolute Gasteiger partial charge is 0.352 e. The van der Waals surface area contributed by atoms with E-state index >= 15 is 0 Å². The van der Waals surface area contributed by atoms with Gasteiger partial charge in [-0.05, 0) is 32.0 Å². The van der Waals surface area contributed by atoms with Crippen LogP contribution in [-0.4, -0.2) is 25.2 Å². The molecule has 1 amide bonds. The summed E-state index contributed by atoms with van der Waals surface area (Å²) in [5.41, 5.74) is 3.31. The Labute approximate surface area is 184 Å². The van der Waals surface area contributed by atoms with Crippen LogP contribution < -0.4 is 10.9 Å². The third-order valence-electron chi connectivity index (χ3n) is 5.34. The highest BCUT2D eigenvalue weighted by Gasteiger charge is 2.19. The Morgan fingerprint density at radius 1 is 1.09 bits per heavy atom. The van der Waals surface area contributed by atoms with Crippen LogP contribution in [0, 0.1) is 12.7 Å². The van der Waals surface area contributed by atoms with Crippen molar-refractivity contribution in [3.8, 4) is 5.69 Å². The molecule has 2 aromatic heterocycles. The molecule has 164 valence electrons. The minimum atomic E-state index is -0.364. The van der Waals surface area contributed by atoms with E-state index in [0.717, 1.165) is 5.69 Å². The Morgan fingerprint density at radius 3 is 2.53 bits per heavy atom. The standard InChI is InChI=1S/C24H24FN5O2/c1-3-29-23-22(16(2)28-30(23)18-10-5-4-6-11-18)27-20(24(29)32)13-14-21(31)26-15-17-9-7-8-12-19(17)25/h4-12H,3,13-15H2,1-2H3,(H,26,31). The van der Waals surface area contributed by atoms with Crippen molar-refractivity contribution < 1.29 is 9.18 Å². The van der Waals surface area contributed by atoms with Crippen LogP contribution >= 0.6 is 0 Å². The van der Waals surface area contributed by atoms with Gasteiger partial charge in [0, 0.05) is 31.5 Å². The summed E-state index contributed by atoms with van der Waals surface area (Å²) < 4.78 is 17.1. The molecule has 1 N–H and O–H groups in total. The molecule has 4 aromatic rings. The van der Waals surface area contributed by atoms with Crippen molar-refractivity contribution >= 4 is 17.1 Å². The third kappa shape index (κ3) is 4.16. The molecule has 0 aliphatic rings. The zero-order valence-corrected chi connectivity index (χ0v) is 18.0. The molecule has 7 nitrogen and oxygen atoms in total. The van der Waals surface area contributed by atoms with E-state index in [1.54, 1.807) is 27.4 Å². The van der Waals surface area contributed by atoms with Gasteiger partial charge in [0.05, 0.1) is 11.4 Å². The van der Waals surface area contributed by atoms with Gasteiger partial charge in [-0.3, -0.25) is 14.2 Å². The minimum Gasteiger partial charge on any atom is -0.352 e. The summed E-state index contributed by atoms with van der Waals surface area (Å²) in [4.78, 5) is 30.0. The number of aromatic nitrogens is 4. The summed E-state index contributed by atoms with van der Waals surface area (Å²) in [6.07, 6.45) is 0.269. The van der Waals surface area contributed by atoms with Gasteiger partial charge in [-0.15, -0.1) is 0 Å². The van der Waals surface area contributed by atoms with Crippen LogP contribution in [0.4, 0.5) is 4.39 Å². The molecule has 0 saturated carbocycles. The lowest BCUT2D eigenvalue weighted by Crippen LogP contribution is -2.28. The average molecular weight is 433 g/mol. The first-order valence-electron chi connectivity index (χ1n) is 10.5. The number of carbonyl (C=O) groups is 1. The Morgan fingerprint density at radius 2 is 1.81 bits per heavy atom. The number of para-hydroxylation sites is 1. The van der Waals surface area contributed by atoms with E-state index in [1.165, 1.54) is 6.07 Å². The molecular weight excluding hydrogens is 409 g/mol. The van der Waals surface area contributed by atoms with Gasteiger partial charge in [0.25, 0.3) is 5.56 Å². The first kappa shape index (κ1) is 21.4. The number of fused-ring (bicyclic) bond motifs is 1. The first-order valence-corrected chi connectivity index (χ1v) is 10.5. The van der Waals surface area contributed by atoms with E-state index in [2.05, 4.69) is 15.4 Å². The topological polar surface area (TPSA) is 81.8 Å². The maximum absolute atomic E-state index is 13.7. The molecular formula is C24H24FN5O2. The van der Waals surface area contributed by atoms with Gasteiger partial charge in [0.2, 0.25) is 5.91 Å². The van der Waals surface area contributed by atoms with Crippen molar-refractivity contribution in [2.75, 3.05) is 0 Å². The highest BCUT2D eigenvalue weighted by atomic mass is 19.1. The van der Waals surface area contributed by atoms with Crippen LogP contribution in [0.25, 0.3) is 16.9 Å². The number of benzene rings is 2. The SMILES string of the molecule is CCn1c(=O)c(CCC(=O)NCc2ccccc2F)nc2c(C)nn(-c3ccccc3)c21. The fourth-order valence-corrected chi connectivity index (χ4v) is 3.68. The number of hydrogen-bond donors (Lipinski definition) is 1. The first-order chi connectivity index (χ1) is 15.5. The molecule has 0 fully saturated rings. The van der Waals surface area contributed by atoms with Gasteiger partial charge in [-0.1, -0.05) is 36.4 Å². The number of nitrogens with one attached hydrogen (secondary N) is 1. The van der Waals surface area contributed by atoms with Gasteiger partial charge >= 0.3 is 0 Å². The number of aryl methyl sites for hydroxylation is 3. The van der Waals surface area contributed by atoms with Gasteiger partial charge < -0.3 is 5.32 Å². The number of hydrogen-bond acceptors (Lipinski definition) is 4.